The van der Waals surface area contributed by atoms with E-state index in [1.54, 1.807) is 31.0 Å². The summed E-state index contributed by atoms with van der Waals surface area (Å²) in [5.74, 6) is -1.05. The van der Waals surface area contributed by atoms with Gasteiger partial charge in [0.2, 0.25) is 5.91 Å². The lowest BCUT2D eigenvalue weighted by Crippen LogP contribution is -2.50. The Morgan fingerprint density at radius 1 is 1.18 bits per heavy atom. The number of hydrogen-bond donors (Lipinski definition) is 3. The first-order chi connectivity index (χ1) is 10.2. The van der Waals surface area contributed by atoms with Gasteiger partial charge in [-0.2, -0.15) is 0 Å². The lowest BCUT2D eigenvalue weighted by molar-refractivity contribution is -0.142. The zero-order chi connectivity index (χ0) is 16.9. The molecule has 22 heavy (non-hydrogen) atoms. The minimum atomic E-state index is -1.03. The van der Waals surface area contributed by atoms with Crippen LogP contribution in [0, 0.1) is 5.92 Å². The van der Waals surface area contributed by atoms with Crippen LogP contribution in [0.5, 0.6) is 5.75 Å². The Kier molecular flexibility index (Phi) is 6.22. The van der Waals surface area contributed by atoms with E-state index in [2.05, 4.69) is 5.32 Å². The Morgan fingerprint density at radius 3 is 2.18 bits per heavy atom. The van der Waals surface area contributed by atoms with Gasteiger partial charge < -0.3 is 20.4 Å². The van der Waals surface area contributed by atoms with Crippen molar-refractivity contribution in [2.75, 3.05) is 11.9 Å². The first kappa shape index (κ1) is 17.8. The number of carbonyl (C=O) groups is 2. The Labute approximate surface area is 130 Å². The zero-order valence-corrected chi connectivity index (χ0v) is 13.4. The van der Waals surface area contributed by atoms with E-state index in [-0.39, 0.29) is 17.6 Å². The molecule has 0 fully saturated rings. The Bertz CT molecular complexity index is 513. The number of benzene rings is 1. The number of carboxylic acid groups (broad SMARTS) is 1. The van der Waals surface area contributed by atoms with Gasteiger partial charge in [0.25, 0.3) is 0 Å². The predicted octanol–water partition coefficient (Wildman–Crippen LogP) is 1.83. The van der Waals surface area contributed by atoms with Crippen molar-refractivity contribution >= 4 is 17.6 Å². The van der Waals surface area contributed by atoms with E-state index in [4.69, 9.17) is 0 Å². The van der Waals surface area contributed by atoms with E-state index in [9.17, 15) is 19.8 Å². The van der Waals surface area contributed by atoms with Crippen LogP contribution >= 0.6 is 0 Å². The van der Waals surface area contributed by atoms with Crippen molar-refractivity contribution in [1.29, 1.82) is 0 Å². The lowest BCUT2D eigenvalue weighted by atomic mass is 10.0. The van der Waals surface area contributed by atoms with E-state index in [0.717, 1.165) is 5.69 Å². The highest BCUT2D eigenvalue weighted by Crippen LogP contribution is 2.19. The van der Waals surface area contributed by atoms with Gasteiger partial charge in [-0.3, -0.25) is 4.79 Å². The van der Waals surface area contributed by atoms with Crippen LogP contribution in [-0.4, -0.2) is 41.2 Å². The Morgan fingerprint density at radius 2 is 1.73 bits per heavy atom. The van der Waals surface area contributed by atoms with Gasteiger partial charge in [-0.1, -0.05) is 13.8 Å². The van der Waals surface area contributed by atoms with Crippen molar-refractivity contribution in [1.82, 2.24) is 5.32 Å². The number of aromatic hydroxyl groups is 1. The number of phenols is 1. The minimum absolute atomic E-state index is 0.150. The van der Waals surface area contributed by atoms with Crippen molar-refractivity contribution in [3.63, 3.8) is 0 Å². The van der Waals surface area contributed by atoms with Crippen LogP contribution in [0.25, 0.3) is 0 Å². The third-order valence-corrected chi connectivity index (χ3v) is 3.54. The molecule has 1 aromatic rings. The molecule has 2 atom stereocenters. The van der Waals surface area contributed by atoms with Crippen LogP contribution in [0.3, 0.4) is 0 Å². The average molecular weight is 308 g/mol. The van der Waals surface area contributed by atoms with Crippen molar-refractivity contribution in [2.45, 2.75) is 39.3 Å². The fourth-order valence-electron chi connectivity index (χ4n) is 2.07. The molecular formula is C16H24N2O4. The van der Waals surface area contributed by atoms with E-state index in [0.29, 0.717) is 6.42 Å². The highest BCUT2D eigenvalue weighted by atomic mass is 16.4. The molecule has 1 amide bonds. The second-order valence-electron chi connectivity index (χ2n) is 5.83. The first-order valence-corrected chi connectivity index (χ1v) is 7.27. The topological polar surface area (TPSA) is 89.9 Å². The highest BCUT2D eigenvalue weighted by Gasteiger charge is 2.25. The number of amides is 1. The summed E-state index contributed by atoms with van der Waals surface area (Å²) in [6, 6.07) is 5.05. The van der Waals surface area contributed by atoms with Gasteiger partial charge in [-0.15, -0.1) is 0 Å². The number of nitrogens with one attached hydrogen (secondary N) is 1. The fraction of sp³-hybridized carbons (Fsp3) is 0.500. The van der Waals surface area contributed by atoms with Crippen LogP contribution in [0.4, 0.5) is 5.69 Å². The van der Waals surface area contributed by atoms with Crippen molar-refractivity contribution in [3.8, 4) is 5.75 Å². The SMILES string of the molecule is CC(C)CC(NC(=O)C(C)N(C)c1ccc(O)cc1)C(=O)O. The lowest BCUT2D eigenvalue weighted by Gasteiger charge is -2.27. The summed E-state index contributed by atoms with van der Waals surface area (Å²) in [7, 11) is 1.74. The summed E-state index contributed by atoms with van der Waals surface area (Å²) in [6.07, 6.45) is 0.386. The molecule has 6 nitrogen and oxygen atoms in total. The summed E-state index contributed by atoms with van der Waals surface area (Å²) in [5.41, 5.74) is 0.760. The molecular weight excluding hydrogens is 284 g/mol. The maximum atomic E-state index is 12.3. The normalized spacial score (nSPS) is 13.5. The minimum Gasteiger partial charge on any atom is -0.508 e. The van der Waals surface area contributed by atoms with Crippen LogP contribution in [0.2, 0.25) is 0 Å². The van der Waals surface area contributed by atoms with Gasteiger partial charge in [0.15, 0.2) is 0 Å². The van der Waals surface area contributed by atoms with E-state index >= 15 is 0 Å². The smallest absolute Gasteiger partial charge is 0.326 e. The maximum absolute atomic E-state index is 12.3. The predicted molar refractivity (Wildman–Crippen MR) is 85.0 cm³/mol. The molecule has 0 aliphatic heterocycles. The number of aliphatic carboxylic acids is 1. The van der Waals surface area contributed by atoms with Gasteiger partial charge in [-0.25, -0.2) is 4.79 Å². The van der Waals surface area contributed by atoms with Crippen molar-refractivity contribution < 1.29 is 19.8 Å². The average Bonchev–Trinajstić information content (AvgIpc) is 2.45. The number of carbonyl (C=O) groups excluding carboxylic acids is 1. The standard InChI is InChI=1S/C16H24N2O4/c1-10(2)9-14(16(21)22)17-15(20)11(3)18(4)12-5-7-13(19)8-6-12/h5-8,10-11,14,19H,9H2,1-4H3,(H,17,20)(H,21,22). The maximum Gasteiger partial charge on any atom is 0.326 e. The molecule has 0 radical (unpaired) electrons. The molecule has 0 bridgehead atoms. The molecule has 1 rings (SSSR count). The molecule has 0 heterocycles. The summed E-state index contributed by atoms with van der Waals surface area (Å²) < 4.78 is 0. The number of carboxylic acids is 1. The van der Waals surface area contributed by atoms with E-state index in [1.807, 2.05) is 13.8 Å². The van der Waals surface area contributed by atoms with E-state index < -0.39 is 18.1 Å². The van der Waals surface area contributed by atoms with Crippen LogP contribution in [0.1, 0.15) is 27.2 Å². The molecule has 0 saturated carbocycles. The largest absolute Gasteiger partial charge is 0.508 e. The summed E-state index contributed by atoms with van der Waals surface area (Å²) in [4.78, 5) is 25.2. The molecule has 122 valence electrons. The van der Waals surface area contributed by atoms with Gasteiger partial charge >= 0.3 is 5.97 Å². The highest BCUT2D eigenvalue weighted by molar-refractivity contribution is 5.88. The van der Waals surface area contributed by atoms with Crippen LogP contribution in [0.15, 0.2) is 24.3 Å². The summed E-state index contributed by atoms with van der Waals surface area (Å²) in [5, 5.41) is 21.1. The Balaban J connectivity index is 2.74. The van der Waals surface area contributed by atoms with Gasteiger partial charge in [0, 0.05) is 12.7 Å². The number of likely N-dealkylation sites (N-methyl/N-ethyl adjacent to an activating group) is 1. The molecule has 0 saturated heterocycles. The second-order valence-corrected chi connectivity index (χ2v) is 5.83. The van der Waals surface area contributed by atoms with Gasteiger partial charge in [0.05, 0.1) is 0 Å². The summed E-state index contributed by atoms with van der Waals surface area (Å²) >= 11 is 0. The first-order valence-electron chi connectivity index (χ1n) is 7.27. The van der Waals surface area contributed by atoms with Crippen molar-refractivity contribution in [2.24, 2.45) is 5.92 Å². The van der Waals surface area contributed by atoms with Gasteiger partial charge in [0.1, 0.15) is 17.8 Å². The quantitative estimate of drug-likeness (QED) is 0.715. The monoisotopic (exact) mass is 308 g/mol. The number of rotatable bonds is 7. The van der Waals surface area contributed by atoms with Crippen molar-refractivity contribution in [3.05, 3.63) is 24.3 Å². The number of nitrogens with zero attached hydrogens (tertiary/aromatic N) is 1. The number of hydrogen-bond acceptors (Lipinski definition) is 4. The Hall–Kier alpha value is -2.24. The second kappa shape index (κ2) is 7.68. The van der Waals surface area contributed by atoms with Crippen LogP contribution < -0.4 is 10.2 Å². The third-order valence-electron chi connectivity index (χ3n) is 3.54. The number of anilines is 1. The number of phenolic OH excluding ortho intramolecular Hbond substituents is 1. The molecule has 2 unspecified atom stereocenters. The molecule has 1 aromatic carbocycles. The zero-order valence-electron chi connectivity index (χ0n) is 13.4. The molecule has 0 aliphatic carbocycles. The van der Waals surface area contributed by atoms with Gasteiger partial charge in [-0.05, 0) is 43.5 Å². The van der Waals surface area contributed by atoms with E-state index in [1.165, 1.54) is 12.1 Å². The third kappa shape index (κ3) is 4.95. The molecule has 0 spiro atoms. The fourth-order valence-corrected chi connectivity index (χ4v) is 2.07. The van der Waals surface area contributed by atoms with Crippen LogP contribution in [-0.2, 0) is 9.59 Å². The molecule has 6 heteroatoms. The summed E-state index contributed by atoms with van der Waals surface area (Å²) in [6.45, 7) is 5.53. The molecule has 0 aliphatic rings. The molecule has 3 N–H and O–H groups in total. The molecule has 0 aromatic heterocycles.